The molecule has 1 saturated carbocycles. The molecule has 1 heterocycles. The lowest BCUT2D eigenvalue weighted by Crippen LogP contribution is -2.30. The van der Waals surface area contributed by atoms with Crippen molar-refractivity contribution < 1.29 is 19.4 Å². The highest BCUT2D eigenvalue weighted by Gasteiger charge is 2.24. The van der Waals surface area contributed by atoms with Crippen LogP contribution in [-0.2, 0) is 4.79 Å². The van der Waals surface area contributed by atoms with Crippen molar-refractivity contribution >= 4 is 23.2 Å². The molecule has 1 amide bonds. The first-order valence-electron chi connectivity index (χ1n) is 6.26. The van der Waals surface area contributed by atoms with E-state index in [1.807, 2.05) is 13.8 Å². The van der Waals surface area contributed by atoms with Crippen LogP contribution in [0.5, 0.6) is 5.75 Å². The highest BCUT2D eigenvalue weighted by molar-refractivity contribution is 7.14. The van der Waals surface area contributed by atoms with Gasteiger partial charge in [-0.05, 0) is 24.8 Å². The summed E-state index contributed by atoms with van der Waals surface area (Å²) in [5, 5.41) is 11.9. The Bertz CT molecular complexity index is 491. The van der Waals surface area contributed by atoms with Gasteiger partial charge in [-0.2, -0.15) is 0 Å². The summed E-state index contributed by atoms with van der Waals surface area (Å²) in [6, 6.07) is 1.99. The number of carbonyl (C=O) groups is 2. The van der Waals surface area contributed by atoms with Crippen LogP contribution in [0.25, 0.3) is 0 Å². The third-order valence-corrected chi connectivity index (χ3v) is 4.19. The Hall–Kier alpha value is -1.56. The molecule has 1 fully saturated rings. The minimum atomic E-state index is -1.02. The summed E-state index contributed by atoms with van der Waals surface area (Å²) in [6.45, 7) is 3.84. The molecule has 19 heavy (non-hydrogen) atoms. The molecular weight excluding hydrogens is 266 g/mol. The zero-order valence-electron chi connectivity index (χ0n) is 10.9. The van der Waals surface area contributed by atoms with Crippen LogP contribution in [0.15, 0.2) is 6.07 Å². The van der Waals surface area contributed by atoms with E-state index in [1.165, 1.54) is 11.3 Å². The maximum atomic E-state index is 11.5. The van der Waals surface area contributed by atoms with E-state index in [0.717, 1.165) is 17.7 Å². The second-order valence-corrected chi connectivity index (χ2v) is 6.02. The van der Waals surface area contributed by atoms with Crippen LogP contribution in [-0.4, -0.2) is 29.6 Å². The average molecular weight is 283 g/mol. The second-order valence-electron chi connectivity index (χ2n) is 4.93. The third kappa shape index (κ3) is 3.70. The van der Waals surface area contributed by atoms with Crippen LogP contribution in [0.1, 0.15) is 47.2 Å². The van der Waals surface area contributed by atoms with Crippen molar-refractivity contribution in [3.63, 3.8) is 0 Å². The van der Waals surface area contributed by atoms with E-state index in [1.54, 1.807) is 6.07 Å². The number of ether oxygens (including phenoxy) is 1. The largest absolute Gasteiger partial charge is 0.482 e. The van der Waals surface area contributed by atoms with E-state index in [2.05, 4.69) is 5.32 Å². The van der Waals surface area contributed by atoms with Gasteiger partial charge in [-0.25, -0.2) is 4.79 Å². The van der Waals surface area contributed by atoms with E-state index in [4.69, 9.17) is 9.84 Å². The van der Waals surface area contributed by atoms with Crippen LogP contribution < -0.4 is 10.1 Å². The normalized spacial score (nSPS) is 14.5. The molecule has 0 aliphatic heterocycles. The molecule has 104 valence electrons. The van der Waals surface area contributed by atoms with Gasteiger partial charge in [0.15, 0.2) is 11.5 Å². The number of nitrogens with one attached hydrogen (secondary N) is 1. The SMILES string of the molecule is CC(C)c1cc(OCC(=O)NC2CC2)c(C(=O)O)s1. The highest BCUT2D eigenvalue weighted by atomic mass is 32.1. The number of amides is 1. The van der Waals surface area contributed by atoms with Crippen LogP contribution in [0.3, 0.4) is 0 Å². The topological polar surface area (TPSA) is 75.6 Å². The number of aromatic carboxylic acids is 1. The summed E-state index contributed by atoms with van der Waals surface area (Å²) >= 11 is 1.20. The molecule has 1 aromatic heterocycles. The highest BCUT2D eigenvalue weighted by Crippen LogP contribution is 2.33. The molecule has 1 aliphatic rings. The number of carboxylic acids is 1. The average Bonchev–Trinajstić information content (AvgIpc) is 3.02. The predicted octanol–water partition coefficient (Wildman–Crippen LogP) is 2.23. The van der Waals surface area contributed by atoms with Crippen LogP contribution >= 0.6 is 11.3 Å². The summed E-state index contributed by atoms with van der Waals surface area (Å²) in [5.74, 6) is -0.696. The van der Waals surface area contributed by atoms with Gasteiger partial charge in [0.1, 0.15) is 5.75 Å². The zero-order chi connectivity index (χ0) is 14.0. The van der Waals surface area contributed by atoms with Gasteiger partial charge in [-0.1, -0.05) is 13.8 Å². The molecule has 2 rings (SSSR count). The Labute approximate surface area is 115 Å². The van der Waals surface area contributed by atoms with Gasteiger partial charge in [0.25, 0.3) is 5.91 Å². The first-order chi connectivity index (χ1) is 8.97. The number of carbonyl (C=O) groups excluding carboxylic acids is 1. The van der Waals surface area contributed by atoms with Gasteiger partial charge in [-0.15, -0.1) is 11.3 Å². The minimum absolute atomic E-state index is 0.134. The first kappa shape index (κ1) is 13.9. The molecule has 0 spiro atoms. The Morgan fingerprint density at radius 3 is 2.74 bits per heavy atom. The van der Waals surface area contributed by atoms with Gasteiger partial charge in [-0.3, -0.25) is 4.79 Å². The lowest BCUT2D eigenvalue weighted by Gasteiger charge is -2.05. The van der Waals surface area contributed by atoms with Crippen molar-refractivity contribution in [1.29, 1.82) is 0 Å². The number of hydrogen-bond donors (Lipinski definition) is 2. The molecule has 2 N–H and O–H groups in total. The predicted molar refractivity (Wildman–Crippen MR) is 72.0 cm³/mol. The van der Waals surface area contributed by atoms with Crippen molar-refractivity contribution in [2.24, 2.45) is 0 Å². The van der Waals surface area contributed by atoms with Crippen molar-refractivity contribution in [2.75, 3.05) is 6.61 Å². The smallest absolute Gasteiger partial charge is 0.349 e. The molecule has 0 aromatic carbocycles. The van der Waals surface area contributed by atoms with E-state index < -0.39 is 5.97 Å². The second kappa shape index (κ2) is 5.61. The van der Waals surface area contributed by atoms with Gasteiger partial charge in [0.05, 0.1) is 0 Å². The standard InChI is InChI=1S/C13H17NO4S/c1-7(2)10-5-9(12(19-10)13(16)17)18-6-11(15)14-8-3-4-8/h5,7-8H,3-4,6H2,1-2H3,(H,14,15)(H,16,17). The Morgan fingerprint density at radius 2 is 2.21 bits per heavy atom. The Morgan fingerprint density at radius 1 is 1.53 bits per heavy atom. The number of carboxylic acid groups (broad SMARTS) is 1. The van der Waals surface area contributed by atoms with Gasteiger partial charge in [0, 0.05) is 10.9 Å². The maximum Gasteiger partial charge on any atom is 0.349 e. The molecular formula is C13H17NO4S. The summed E-state index contributed by atoms with van der Waals surface area (Å²) in [6.07, 6.45) is 2.03. The molecule has 0 radical (unpaired) electrons. The van der Waals surface area contributed by atoms with Crippen LogP contribution in [0, 0.1) is 0 Å². The summed E-state index contributed by atoms with van der Waals surface area (Å²) in [4.78, 5) is 23.7. The fraction of sp³-hybridized carbons (Fsp3) is 0.538. The van der Waals surface area contributed by atoms with Crippen LogP contribution in [0.2, 0.25) is 0 Å². The zero-order valence-corrected chi connectivity index (χ0v) is 11.8. The Balaban J connectivity index is 2.00. The molecule has 1 aliphatic carbocycles. The van der Waals surface area contributed by atoms with Crippen molar-refractivity contribution in [1.82, 2.24) is 5.32 Å². The molecule has 0 saturated heterocycles. The van der Waals surface area contributed by atoms with E-state index in [0.29, 0.717) is 0 Å². The minimum Gasteiger partial charge on any atom is -0.482 e. The fourth-order valence-electron chi connectivity index (χ4n) is 1.57. The molecule has 0 bridgehead atoms. The first-order valence-corrected chi connectivity index (χ1v) is 7.08. The van der Waals surface area contributed by atoms with E-state index >= 15 is 0 Å². The van der Waals surface area contributed by atoms with Gasteiger partial charge < -0.3 is 15.2 Å². The molecule has 6 heteroatoms. The van der Waals surface area contributed by atoms with Gasteiger partial charge >= 0.3 is 5.97 Å². The van der Waals surface area contributed by atoms with E-state index in [9.17, 15) is 9.59 Å². The van der Waals surface area contributed by atoms with Gasteiger partial charge in [0.2, 0.25) is 0 Å². The number of rotatable bonds is 6. The number of hydrogen-bond acceptors (Lipinski definition) is 4. The lowest BCUT2D eigenvalue weighted by molar-refractivity contribution is -0.123. The van der Waals surface area contributed by atoms with Crippen molar-refractivity contribution in [2.45, 2.75) is 38.6 Å². The summed E-state index contributed by atoms with van der Waals surface area (Å²) in [5.41, 5.74) is 0. The lowest BCUT2D eigenvalue weighted by atomic mass is 10.2. The molecule has 1 aromatic rings. The third-order valence-electron chi connectivity index (χ3n) is 2.78. The van der Waals surface area contributed by atoms with Crippen LogP contribution in [0.4, 0.5) is 0 Å². The molecule has 0 unspecified atom stereocenters. The van der Waals surface area contributed by atoms with Crippen molar-refractivity contribution in [3.8, 4) is 5.75 Å². The number of thiophene rings is 1. The molecule has 5 nitrogen and oxygen atoms in total. The fourth-order valence-corrected chi connectivity index (χ4v) is 2.52. The van der Waals surface area contributed by atoms with E-state index in [-0.39, 0.29) is 35.1 Å². The maximum absolute atomic E-state index is 11.5. The summed E-state index contributed by atoms with van der Waals surface area (Å²) in [7, 11) is 0. The monoisotopic (exact) mass is 283 g/mol. The quantitative estimate of drug-likeness (QED) is 0.839. The summed E-state index contributed by atoms with van der Waals surface area (Å²) < 4.78 is 5.34. The van der Waals surface area contributed by atoms with Crippen molar-refractivity contribution in [3.05, 3.63) is 15.8 Å². The Kier molecular flexibility index (Phi) is 4.09. The molecule has 0 atom stereocenters.